The summed E-state index contributed by atoms with van der Waals surface area (Å²) < 4.78 is 5.05. The summed E-state index contributed by atoms with van der Waals surface area (Å²) in [6.45, 7) is 5.05. The van der Waals surface area contributed by atoms with Crippen molar-refractivity contribution in [2.75, 3.05) is 13.2 Å². The largest absolute Gasteiger partial charge is 0.481 e. The number of aliphatic carboxylic acids is 1. The highest BCUT2D eigenvalue weighted by Gasteiger charge is 2.22. The Bertz CT molecular complexity index is 447. The molecular weight excluding hydrogens is 270 g/mol. The van der Waals surface area contributed by atoms with Crippen molar-refractivity contribution < 1.29 is 19.4 Å². The van der Waals surface area contributed by atoms with Gasteiger partial charge < -0.3 is 9.84 Å². The highest BCUT2D eigenvalue weighted by Crippen LogP contribution is 2.11. The SMILES string of the molecule is CCOC(=O)C(C)N(CCCC(=O)O)Cc1ccccc1. The summed E-state index contributed by atoms with van der Waals surface area (Å²) in [5.41, 5.74) is 1.09. The van der Waals surface area contributed by atoms with Crippen LogP contribution in [0.4, 0.5) is 0 Å². The summed E-state index contributed by atoms with van der Waals surface area (Å²) in [6, 6.07) is 9.41. The Morgan fingerprint density at radius 2 is 1.95 bits per heavy atom. The molecule has 116 valence electrons. The first-order chi connectivity index (χ1) is 10.0. The summed E-state index contributed by atoms with van der Waals surface area (Å²) in [4.78, 5) is 24.5. The van der Waals surface area contributed by atoms with Crippen LogP contribution in [0.25, 0.3) is 0 Å². The Labute approximate surface area is 125 Å². The zero-order valence-electron chi connectivity index (χ0n) is 12.6. The van der Waals surface area contributed by atoms with E-state index in [0.717, 1.165) is 5.56 Å². The molecule has 1 rings (SSSR count). The number of hydrogen-bond acceptors (Lipinski definition) is 4. The number of esters is 1. The van der Waals surface area contributed by atoms with Crippen LogP contribution in [0.3, 0.4) is 0 Å². The van der Waals surface area contributed by atoms with Gasteiger partial charge in [0.05, 0.1) is 6.61 Å². The van der Waals surface area contributed by atoms with Crippen molar-refractivity contribution in [3.8, 4) is 0 Å². The van der Waals surface area contributed by atoms with Crippen LogP contribution in [0.5, 0.6) is 0 Å². The average Bonchev–Trinajstić information content (AvgIpc) is 2.46. The number of hydrogen-bond donors (Lipinski definition) is 1. The molecule has 0 aromatic heterocycles. The lowest BCUT2D eigenvalue weighted by atomic mass is 10.1. The van der Waals surface area contributed by atoms with Gasteiger partial charge in [0.1, 0.15) is 6.04 Å². The molecular formula is C16H23NO4. The third kappa shape index (κ3) is 6.40. The predicted molar refractivity (Wildman–Crippen MR) is 79.8 cm³/mol. The van der Waals surface area contributed by atoms with Gasteiger partial charge in [0.2, 0.25) is 0 Å². The minimum atomic E-state index is -0.821. The average molecular weight is 293 g/mol. The molecule has 1 unspecified atom stereocenters. The van der Waals surface area contributed by atoms with Crippen LogP contribution in [0.1, 0.15) is 32.3 Å². The van der Waals surface area contributed by atoms with E-state index in [1.54, 1.807) is 13.8 Å². The first kappa shape index (κ1) is 17.2. The lowest BCUT2D eigenvalue weighted by molar-refractivity contribution is -0.149. The van der Waals surface area contributed by atoms with Crippen LogP contribution in [0.2, 0.25) is 0 Å². The Balaban J connectivity index is 2.68. The second-order valence-electron chi connectivity index (χ2n) is 4.88. The monoisotopic (exact) mass is 293 g/mol. The number of carboxylic acids is 1. The van der Waals surface area contributed by atoms with Crippen molar-refractivity contribution in [1.82, 2.24) is 4.90 Å². The summed E-state index contributed by atoms with van der Waals surface area (Å²) >= 11 is 0. The van der Waals surface area contributed by atoms with Crippen LogP contribution < -0.4 is 0 Å². The van der Waals surface area contributed by atoms with Gasteiger partial charge in [-0.3, -0.25) is 14.5 Å². The number of carbonyl (C=O) groups excluding carboxylic acids is 1. The fourth-order valence-corrected chi connectivity index (χ4v) is 2.07. The van der Waals surface area contributed by atoms with E-state index in [4.69, 9.17) is 9.84 Å². The molecule has 0 bridgehead atoms. The standard InChI is InChI=1S/C16H23NO4/c1-3-21-16(20)13(2)17(11-7-10-15(18)19)12-14-8-5-4-6-9-14/h4-6,8-9,13H,3,7,10-12H2,1-2H3,(H,18,19). The van der Waals surface area contributed by atoms with Gasteiger partial charge in [-0.1, -0.05) is 30.3 Å². The van der Waals surface area contributed by atoms with Gasteiger partial charge in [0.25, 0.3) is 0 Å². The van der Waals surface area contributed by atoms with E-state index in [1.165, 1.54) is 0 Å². The maximum atomic E-state index is 11.9. The molecule has 0 radical (unpaired) electrons. The summed E-state index contributed by atoms with van der Waals surface area (Å²) in [5, 5.41) is 8.74. The van der Waals surface area contributed by atoms with Gasteiger partial charge in [0, 0.05) is 13.0 Å². The highest BCUT2D eigenvalue weighted by atomic mass is 16.5. The second-order valence-corrected chi connectivity index (χ2v) is 4.88. The molecule has 0 fully saturated rings. The molecule has 0 saturated heterocycles. The Morgan fingerprint density at radius 3 is 2.52 bits per heavy atom. The lowest BCUT2D eigenvalue weighted by Crippen LogP contribution is -2.40. The predicted octanol–water partition coefficient (Wildman–Crippen LogP) is 2.30. The van der Waals surface area contributed by atoms with Gasteiger partial charge in [-0.2, -0.15) is 0 Å². The van der Waals surface area contributed by atoms with E-state index in [-0.39, 0.29) is 18.4 Å². The van der Waals surface area contributed by atoms with Gasteiger partial charge in [0.15, 0.2) is 0 Å². The molecule has 0 aliphatic carbocycles. The minimum Gasteiger partial charge on any atom is -0.481 e. The molecule has 1 aromatic carbocycles. The molecule has 0 heterocycles. The van der Waals surface area contributed by atoms with Crippen molar-refractivity contribution in [2.45, 2.75) is 39.3 Å². The first-order valence-corrected chi connectivity index (χ1v) is 7.21. The van der Waals surface area contributed by atoms with E-state index in [0.29, 0.717) is 26.1 Å². The summed E-state index contributed by atoms with van der Waals surface area (Å²) in [7, 11) is 0. The van der Waals surface area contributed by atoms with Crippen molar-refractivity contribution in [3.05, 3.63) is 35.9 Å². The molecule has 0 amide bonds. The molecule has 0 aliphatic rings. The molecule has 0 spiro atoms. The molecule has 5 heteroatoms. The fraction of sp³-hybridized carbons (Fsp3) is 0.500. The zero-order valence-corrected chi connectivity index (χ0v) is 12.6. The smallest absolute Gasteiger partial charge is 0.323 e. The quantitative estimate of drug-likeness (QED) is 0.708. The topological polar surface area (TPSA) is 66.8 Å². The van der Waals surface area contributed by atoms with E-state index in [9.17, 15) is 9.59 Å². The fourth-order valence-electron chi connectivity index (χ4n) is 2.07. The normalized spacial score (nSPS) is 12.1. The van der Waals surface area contributed by atoms with Gasteiger partial charge in [-0.05, 0) is 32.4 Å². The molecule has 1 N–H and O–H groups in total. The van der Waals surface area contributed by atoms with E-state index in [1.807, 2.05) is 35.2 Å². The Kier molecular flexibility index (Phi) is 7.46. The highest BCUT2D eigenvalue weighted by molar-refractivity contribution is 5.75. The number of nitrogens with zero attached hydrogens (tertiary/aromatic N) is 1. The number of ether oxygens (including phenoxy) is 1. The summed E-state index contributed by atoms with van der Waals surface area (Å²) in [6.07, 6.45) is 0.604. The maximum Gasteiger partial charge on any atom is 0.323 e. The minimum absolute atomic E-state index is 0.0981. The van der Waals surface area contributed by atoms with E-state index < -0.39 is 5.97 Å². The molecule has 21 heavy (non-hydrogen) atoms. The molecule has 0 saturated carbocycles. The van der Waals surface area contributed by atoms with Crippen LogP contribution in [-0.4, -0.2) is 41.1 Å². The van der Waals surface area contributed by atoms with Gasteiger partial charge in [-0.25, -0.2) is 0 Å². The number of carboxylic acid groups (broad SMARTS) is 1. The van der Waals surface area contributed by atoms with Crippen molar-refractivity contribution >= 4 is 11.9 Å². The third-order valence-electron chi connectivity index (χ3n) is 3.24. The van der Waals surface area contributed by atoms with Crippen LogP contribution >= 0.6 is 0 Å². The number of rotatable bonds is 9. The van der Waals surface area contributed by atoms with Gasteiger partial charge >= 0.3 is 11.9 Å². The summed E-state index contributed by atoms with van der Waals surface area (Å²) in [5.74, 6) is -1.10. The van der Waals surface area contributed by atoms with Crippen molar-refractivity contribution in [1.29, 1.82) is 0 Å². The van der Waals surface area contributed by atoms with Crippen molar-refractivity contribution in [2.24, 2.45) is 0 Å². The first-order valence-electron chi connectivity index (χ1n) is 7.21. The third-order valence-corrected chi connectivity index (χ3v) is 3.24. The maximum absolute atomic E-state index is 11.9. The molecule has 1 aromatic rings. The van der Waals surface area contributed by atoms with Crippen molar-refractivity contribution in [3.63, 3.8) is 0 Å². The lowest BCUT2D eigenvalue weighted by Gasteiger charge is -2.27. The number of benzene rings is 1. The number of carbonyl (C=O) groups is 2. The second kappa shape index (κ2) is 9.13. The van der Waals surface area contributed by atoms with Crippen LogP contribution in [0, 0.1) is 0 Å². The molecule has 5 nitrogen and oxygen atoms in total. The van der Waals surface area contributed by atoms with E-state index in [2.05, 4.69) is 0 Å². The molecule has 1 atom stereocenters. The van der Waals surface area contributed by atoms with E-state index >= 15 is 0 Å². The van der Waals surface area contributed by atoms with Crippen LogP contribution in [0.15, 0.2) is 30.3 Å². The molecule has 0 aliphatic heterocycles. The van der Waals surface area contributed by atoms with Gasteiger partial charge in [-0.15, -0.1) is 0 Å². The Hall–Kier alpha value is -1.88. The van der Waals surface area contributed by atoms with Crippen LogP contribution in [-0.2, 0) is 20.9 Å². The zero-order chi connectivity index (χ0) is 15.7. The Morgan fingerprint density at radius 1 is 1.29 bits per heavy atom.